The second-order valence-electron chi connectivity index (χ2n) is 10.9. The van der Waals surface area contributed by atoms with Gasteiger partial charge in [-0.3, -0.25) is 19.6 Å². The average molecular weight is 581 g/mol. The molecule has 1 unspecified atom stereocenters. The number of benzene rings is 3. The predicted molar refractivity (Wildman–Crippen MR) is 163 cm³/mol. The van der Waals surface area contributed by atoms with Gasteiger partial charge in [-0.05, 0) is 79.6 Å². The summed E-state index contributed by atoms with van der Waals surface area (Å²) in [7, 11) is 0. The summed E-state index contributed by atoms with van der Waals surface area (Å²) in [4.78, 5) is 35.0. The Morgan fingerprint density at radius 2 is 1.93 bits per heavy atom. The van der Waals surface area contributed by atoms with Crippen LogP contribution in [-0.2, 0) is 9.59 Å². The third-order valence-electron chi connectivity index (χ3n) is 8.08. The molecule has 0 radical (unpaired) electrons. The Morgan fingerprint density at radius 1 is 1.07 bits per heavy atom. The number of aromatic nitrogens is 3. The molecule has 10 heteroatoms. The fraction of sp³-hybridized carbons (Fsp3) is 0.250. The van der Waals surface area contributed by atoms with E-state index in [4.69, 9.17) is 4.98 Å². The first-order chi connectivity index (χ1) is 20.5. The zero-order chi connectivity index (χ0) is 28.6. The van der Waals surface area contributed by atoms with Crippen molar-refractivity contribution in [2.45, 2.75) is 12.8 Å². The molecule has 5 aromatic rings. The zero-order valence-corrected chi connectivity index (χ0v) is 23.7. The molecule has 2 amide bonds. The largest absolute Gasteiger partial charge is 0.338 e. The number of fused-ring (bicyclic) bond motifs is 2. The van der Waals surface area contributed by atoms with Crippen molar-refractivity contribution in [2.75, 3.05) is 38.0 Å². The van der Waals surface area contributed by atoms with Gasteiger partial charge in [0, 0.05) is 36.3 Å². The van der Waals surface area contributed by atoms with Gasteiger partial charge in [0.2, 0.25) is 11.8 Å². The molecule has 0 spiro atoms. The van der Waals surface area contributed by atoms with Crippen LogP contribution >= 0.6 is 11.3 Å². The van der Waals surface area contributed by atoms with Gasteiger partial charge in [-0.25, -0.2) is 9.37 Å². The summed E-state index contributed by atoms with van der Waals surface area (Å²) in [6, 6.07) is 19.9. The molecule has 0 aliphatic carbocycles. The fourth-order valence-electron chi connectivity index (χ4n) is 5.74. The SMILES string of the molecule is O=C(Nc1ccc2[nH]nc(-c3ccc(F)cc3)c2c1)C1CCN(CC(=O)N2CC=C(c3nc4ccccc4s3)CC2)C1. The lowest BCUT2D eigenvalue weighted by Gasteiger charge is -2.28. The number of nitrogens with one attached hydrogen (secondary N) is 2. The normalized spacial score (nSPS) is 17.6. The molecule has 2 aromatic heterocycles. The maximum Gasteiger partial charge on any atom is 0.237 e. The summed E-state index contributed by atoms with van der Waals surface area (Å²) < 4.78 is 14.6. The quantitative estimate of drug-likeness (QED) is 0.275. The van der Waals surface area contributed by atoms with E-state index >= 15 is 0 Å². The Kier molecular flexibility index (Phi) is 7.01. The number of aromatic amines is 1. The number of carbonyl (C=O) groups is 2. The highest BCUT2D eigenvalue weighted by atomic mass is 32.1. The molecule has 0 saturated carbocycles. The second-order valence-corrected chi connectivity index (χ2v) is 11.9. The third kappa shape index (κ3) is 5.31. The Morgan fingerprint density at radius 3 is 2.74 bits per heavy atom. The van der Waals surface area contributed by atoms with Crippen molar-refractivity contribution in [3.05, 3.63) is 83.6 Å². The summed E-state index contributed by atoms with van der Waals surface area (Å²) in [5, 5.41) is 12.3. The molecule has 212 valence electrons. The molecule has 2 aliphatic rings. The number of halogens is 1. The Hall–Kier alpha value is -4.41. The van der Waals surface area contributed by atoms with Crippen LogP contribution in [0.15, 0.2) is 72.8 Å². The molecule has 4 heterocycles. The van der Waals surface area contributed by atoms with Gasteiger partial charge >= 0.3 is 0 Å². The van der Waals surface area contributed by atoms with Gasteiger partial charge in [-0.15, -0.1) is 11.3 Å². The van der Waals surface area contributed by atoms with Crippen LogP contribution in [0.2, 0.25) is 0 Å². The zero-order valence-electron chi connectivity index (χ0n) is 22.8. The summed E-state index contributed by atoms with van der Waals surface area (Å²) >= 11 is 1.70. The van der Waals surface area contributed by atoms with Crippen LogP contribution in [0.5, 0.6) is 0 Å². The van der Waals surface area contributed by atoms with Crippen molar-refractivity contribution in [1.82, 2.24) is 25.0 Å². The molecular weight excluding hydrogens is 551 g/mol. The molecule has 3 aromatic carbocycles. The van der Waals surface area contributed by atoms with Gasteiger partial charge in [0.05, 0.1) is 33.9 Å². The van der Waals surface area contributed by atoms with Gasteiger partial charge in [0.1, 0.15) is 10.8 Å². The fourth-order valence-corrected chi connectivity index (χ4v) is 6.78. The van der Waals surface area contributed by atoms with Crippen LogP contribution in [0.1, 0.15) is 17.8 Å². The number of nitrogens with zero attached hydrogens (tertiary/aromatic N) is 4. The van der Waals surface area contributed by atoms with Crippen LogP contribution in [0.3, 0.4) is 0 Å². The lowest BCUT2D eigenvalue weighted by molar-refractivity contribution is -0.132. The topological polar surface area (TPSA) is 94.2 Å². The molecular formula is C32H29FN6O2S. The molecule has 1 atom stereocenters. The number of H-pyrrole nitrogens is 1. The molecule has 2 aliphatic heterocycles. The highest BCUT2D eigenvalue weighted by Crippen LogP contribution is 2.31. The van der Waals surface area contributed by atoms with Gasteiger partial charge in [0.15, 0.2) is 0 Å². The van der Waals surface area contributed by atoms with Crippen molar-refractivity contribution < 1.29 is 14.0 Å². The van der Waals surface area contributed by atoms with Gasteiger partial charge < -0.3 is 10.2 Å². The van der Waals surface area contributed by atoms with E-state index in [0.717, 1.165) is 33.4 Å². The van der Waals surface area contributed by atoms with Crippen molar-refractivity contribution in [1.29, 1.82) is 0 Å². The number of thiazole rings is 1. The van der Waals surface area contributed by atoms with Crippen molar-refractivity contribution in [3.63, 3.8) is 0 Å². The number of para-hydroxylation sites is 1. The van der Waals surface area contributed by atoms with Crippen LogP contribution < -0.4 is 5.32 Å². The van der Waals surface area contributed by atoms with E-state index in [9.17, 15) is 14.0 Å². The standard InChI is InChI=1S/C32H29FN6O2S/c33-23-7-5-20(6-8-23)30-25-17-24(9-10-26(25)36-37-30)34-31(41)22-11-14-38(18-22)19-29(40)39-15-12-21(13-16-39)32-35-27-3-1-2-4-28(27)42-32/h1-10,12,17,22H,11,13-16,18-19H2,(H,34,41)(H,36,37). The van der Waals surface area contributed by atoms with E-state index in [0.29, 0.717) is 50.5 Å². The summed E-state index contributed by atoms with van der Waals surface area (Å²) in [6.07, 6.45) is 3.62. The minimum absolute atomic E-state index is 0.0579. The monoisotopic (exact) mass is 580 g/mol. The summed E-state index contributed by atoms with van der Waals surface area (Å²) in [6.45, 7) is 2.83. The number of rotatable bonds is 6. The highest BCUT2D eigenvalue weighted by molar-refractivity contribution is 7.19. The first-order valence-electron chi connectivity index (χ1n) is 14.1. The third-order valence-corrected chi connectivity index (χ3v) is 9.19. The van der Waals surface area contributed by atoms with E-state index in [1.165, 1.54) is 22.4 Å². The maximum absolute atomic E-state index is 13.4. The highest BCUT2D eigenvalue weighted by Gasteiger charge is 2.31. The minimum Gasteiger partial charge on any atom is -0.338 e. The van der Waals surface area contributed by atoms with E-state index in [1.807, 2.05) is 41.3 Å². The molecule has 1 saturated heterocycles. The van der Waals surface area contributed by atoms with Crippen molar-refractivity contribution in [3.8, 4) is 11.3 Å². The lowest BCUT2D eigenvalue weighted by Crippen LogP contribution is -2.41. The van der Waals surface area contributed by atoms with Crippen molar-refractivity contribution >= 4 is 55.5 Å². The van der Waals surface area contributed by atoms with E-state index in [2.05, 4.69) is 32.6 Å². The van der Waals surface area contributed by atoms with Crippen LogP contribution in [0, 0.1) is 11.7 Å². The molecule has 8 nitrogen and oxygen atoms in total. The second kappa shape index (κ2) is 11.1. The number of carbonyl (C=O) groups excluding carboxylic acids is 2. The average Bonchev–Trinajstić information content (AvgIpc) is 3.76. The number of hydrogen-bond donors (Lipinski definition) is 2. The summed E-state index contributed by atoms with van der Waals surface area (Å²) in [5.41, 5.74) is 5.22. The Labute approximate surface area is 245 Å². The molecule has 7 rings (SSSR count). The lowest BCUT2D eigenvalue weighted by atomic mass is 10.1. The Balaban J connectivity index is 0.943. The first-order valence-corrected chi connectivity index (χ1v) is 14.9. The van der Waals surface area contributed by atoms with Crippen LogP contribution in [0.4, 0.5) is 10.1 Å². The van der Waals surface area contributed by atoms with E-state index in [-0.39, 0.29) is 23.5 Å². The smallest absolute Gasteiger partial charge is 0.237 e. The number of hydrogen-bond acceptors (Lipinski definition) is 6. The van der Waals surface area contributed by atoms with E-state index < -0.39 is 0 Å². The van der Waals surface area contributed by atoms with Crippen LogP contribution in [-0.4, -0.2) is 69.5 Å². The van der Waals surface area contributed by atoms with Gasteiger partial charge in [-0.1, -0.05) is 18.2 Å². The van der Waals surface area contributed by atoms with Gasteiger partial charge in [-0.2, -0.15) is 5.10 Å². The van der Waals surface area contributed by atoms with Gasteiger partial charge in [0.25, 0.3) is 0 Å². The minimum atomic E-state index is -0.304. The number of likely N-dealkylation sites (tertiary alicyclic amines) is 1. The Bertz CT molecular complexity index is 1790. The molecule has 1 fully saturated rings. The van der Waals surface area contributed by atoms with Crippen LogP contribution in [0.25, 0.3) is 38.0 Å². The number of amides is 2. The molecule has 42 heavy (non-hydrogen) atoms. The van der Waals surface area contributed by atoms with Crippen molar-refractivity contribution in [2.24, 2.45) is 5.92 Å². The summed E-state index contributed by atoms with van der Waals surface area (Å²) in [5.74, 6) is -0.463. The molecule has 2 N–H and O–H groups in total. The van der Waals surface area contributed by atoms with E-state index in [1.54, 1.807) is 23.5 Å². The number of anilines is 1. The predicted octanol–water partition coefficient (Wildman–Crippen LogP) is 5.56. The maximum atomic E-state index is 13.4. The first kappa shape index (κ1) is 26.5. The molecule has 0 bridgehead atoms.